The van der Waals surface area contributed by atoms with E-state index in [1.807, 2.05) is 0 Å². The Balaban J connectivity index is 2.41. The van der Waals surface area contributed by atoms with Crippen LogP contribution in [0.2, 0.25) is 0 Å². The summed E-state index contributed by atoms with van der Waals surface area (Å²) in [6.45, 7) is 0. The van der Waals surface area contributed by atoms with Crippen LogP contribution in [0.3, 0.4) is 0 Å². The fourth-order valence-electron chi connectivity index (χ4n) is 0.763. The topological polar surface area (TPSA) is 60.7 Å². The maximum absolute atomic E-state index is 8.93. The molecular weight excluding hydrogens is 140 g/mol. The van der Waals surface area contributed by atoms with Crippen LogP contribution in [0.15, 0.2) is 0 Å². The Labute approximate surface area is 57.7 Å². The lowest BCUT2D eigenvalue weighted by molar-refractivity contribution is -0.0442. The van der Waals surface area contributed by atoms with Crippen molar-refractivity contribution in [1.29, 1.82) is 0 Å². The molecule has 0 amide bonds. The summed E-state index contributed by atoms with van der Waals surface area (Å²) in [4.78, 5) is 0. The Hall–Kier alpha value is 0.230. The smallest absolute Gasteiger partial charge is 0.107 e. The molecule has 0 aromatic carbocycles. The largest absolute Gasteiger partial charge is 0.389 e. The third kappa shape index (κ3) is 1.58. The molecule has 54 valence electrons. The predicted molar refractivity (Wildman–Crippen MR) is 35.3 cm³/mol. The van der Waals surface area contributed by atoms with Gasteiger partial charge in [0.1, 0.15) is 6.10 Å². The van der Waals surface area contributed by atoms with E-state index in [4.69, 9.17) is 15.3 Å². The second-order valence-electron chi connectivity index (χ2n) is 2.16. The number of aliphatic hydroxyl groups excluding tert-OH is 3. The first-order valence-corrected chi connectivity index (χ1v) is 3.99. The minimum absolute atomic E-state index is 0.526. The highest BCUT2D eigenvalue weighted by Crippen LogP contribution is 2.17. The van der Waals surface area contributed by atoms with Crippen molar-refractivity contribution in [2.45, 2.75) is 18.3 Å². The fraction of sp³-hybridized carbons (Fsp3) is 1.00. The molecule has 0 saturated carbocycles. The molecule has 1 aliphatic heterocycles. The van der Waals surface area contributed by atoms with E-state index in [1.165, 1.54) is 11.8 Å². The van der Waals surface area contributed by atoms with Crippen LogP contribution in [0.5, 0.6) is 0 Å². The maximum Gasteiger partial charge on any atom is 0.107 e. The standard InChI is InChI=1S/C5H10O3S/c6-3-1-9-2-4(7)5(3)8/h3-8H,1-2H2/t3-,4+,5?. The van der Waals surface area contributed by atoms with Crippen molar-refractivity contribution >= 4 is 11.8 Å². The van der Waals surface area contributed by atoms with Crippen molar-refractivity contribution in [3.05, 3.63) is 0 Å². The Bertz CT molecular complexity index is 88.2. The summed E-state index contributed by atoms with van der Waals surface area (Å²) in [5, 5.41) is 26.8. The quantitative estimate of drug-likeness (QED) is 0.406. The van der Waals surface area contributed by atoms with Gasteiger partial charge < -0.3 is 15.3 Å². The Morgan fingerprint density at radius 3 is 1.78 bits per heavy atom. The van der Waals surface area contributed by atoms with Gasteiger partial charge in [-0.3, -0.25) is 0 Å². The van der Waals surface area contributed by atoms with E-state index in [0.717, 1.165) is 0 Å². The first-order chi connectivity index (χ1) is 4.22. The average Bonchev–Trinajstić information content (AvgIpc) is 1.83. The molecule has 0 spiro atoms. The molecule has 1 heterocycles. The lowest BCUT2D eigenvalue weighted by atomic mass is 10.1. The highest BCUT2D eigenvalue weighted by molar-refractivity contribution is 7.99. The second-order valence-corrected chi connectivity index (χ2v) is 3.24. The van der Waals surface area contributed by atoms with E-state index in [-0.39, 0.29) is 0 Å². The van der Waals surface area contributed by atoms with Crippen molar-refractivity contribution in [3.8, 4) is 0 Å². The lowest BCUT2D eigenvalue weighted by Gasteiger charge is -2.27. The SMILES string of the molecule is OC1[C@H](O)CSC[C@@H]1O. The number of thioether (sulfide) groups is 1. The first kappa shape index (κ1) is 7.34. The molecule has 0 radical (unpaired) electrons. The summed E-state index contributed by atoms with van der Waals surface area (Å²) in [6.07, 6.45) is -2.44. The minimum Gasteiger partial charge on any atom is -0.389 e. The maximum atomic E-state index is 8.93. The van der Waals surface area contributed by atoms with E-state index >= 15 is 0 Å². The van der Waals surface area contributed by atoms with Gasteiger partial charge in [0.15, 0.2) is 0 Å². The molecule has 0 aromatic heterocycles. The fourth-order valence-corrected chi connectivity index (χ4v) is 1.78. The van der Waals surface area contributed by atoms with Gasteiger partial charge in [0.05, 0.1) is 12.2 Å². The Kier molecular flexibility index (Phi) is 2.35. The van der Waals surface area contributed by atoms with E-state index in [0.29, 0.717) is 11.5 Å². The van der Waals surface area contributed by atoms with Crippen molar-refractivity contribution < 1.29 is 15.3 Å². The predicted octanol–water partition coefficient (Wildman–Crippen LogP) is -1.18. The molecule has 3 atom stereocenters. The number of hydrogen-bond acceptors (Lipinski definition) is 4. The summed E-state index contributed by atoms with van der Waals surface area (Å²) in [5.41, 5.74) is 0. The number of rotatable bonds is 0. The molecule has 3 nitrogen and oxygen atoms in total. The summed E-state index contributed by atoms with van der Waals surface area (Å²) in [5.74, 6) is 1.05. The molecular formula is C5H10O3S. The summed E-state index contributed by atoms with van der Waals surface area (Å²) < 4.78 is 0. The van der Waals surface area contributed by atoms with Crippen LogP contribution < -0.4 is 0 Å². The third-order valence-electron chi connectivity index (χ3n) is 1.37. The molecule has 0 bridgehead atoms. The monoisotopic (exact) mass is 150 g/mol. The van der Waals surface area contributed by atoms with Gasteiger partial charge in [-0.1, -0.05) is 0 Å². The van der Waals surface area contributed by atoms with Gasteiger partial charge in [-0.25, -0.2) is 0 Å². The normalized spacial score (nSPS) is 45.0. The van der Waals surface area contributed by atoms with Crippen molar-refractivity contribution in [2.75, 3.05) is 11.5 Å². The van der Waals surface area contributed by atoms with Crippen LogP contribution in [-0.2, 0) is 0 Å². The highest BCUT2D eigenvalue weighted by Gasteiger charge is 2.28. The molecule has 1 unspecified atom stereocenters. The molecule has 1 aliphatic rings. The van der Waals surface area contributed by atoms with Crippen molar-refractivity contribution in [1.82, 2.24) is 0 Å². The zero-order chi connectivity index (χ0) is 6.85. The van der Waals surface area contributed by atoms with Gasteiger partial charge >= 0.3 is 0 Å². The second kappa shape index (κ2) is 2.88. The minimum atomic E-state index is -0.939. The number of hydrogen-bond donors (Lipinski definition) is 3. The van der Waals surface area contributed by atoms with E-state index in [2.05, 4.69) is 0 Å². The van der Waals surface area contributed by atoms with Crippen LogP contribution in [-0.4, -0.2) is 45.1 Å². The Morgan fingerprint density at radius 2 is 1.44 bits per heavy atom. The van der Waals surface area contributed by atoms with Crippen LogP contribution in [0.25, 0.3) is 0 Å². The van der Waals surface area contributed by atoms with Crippen LogP contribution >= 0.6 is 11.8 Å². The number of aliphatic hydroxyl groups is 3. The summed E-state index contributed by atoms with van der Waals surface area (Å²) in [7, 11) is 0. The first-order valence-electron chi connectivity index (χ1n) is 2.84. The van der Waals surface area contributed by atoms with Crippen LogP contribution in [0.4, 0.5) is 0 Å². The van der Waals surface area contributed by atoms with Gasteiger partial charge in [-0.05, 0) is 0 Å². The molecule has 1 saturated heterocycles. The zero-order valence-corrected chi connectivity index (χ0v) is 5.71. The van der Waals surface area contributed by atoms with Gasteiger partial charge in [0, 0.05) is 11.5 Å². The molecule has 4 heteroatoms. The van der Waals surface area contributed by atoms with Crippen molar-refractivity contribution in [2.24, 2.45) is 0 Å². The third-order valence-corrected chi connectivity index (χ3v) is 2.52. The van der Waals surface area contributed by atoms with E-state index in [1.54, 1.807) is 0 Å². The van der Waals surface area contributed by atoms with Gasteiger partial charge in [0.2, 0.25) is 0 Å². The van der Waals surface area contributed by atoms with E-state index < -0.39 is 18.3 Å². The van der Waals surface area contributed by atoms with E-state index in [9.17, 15) is 0 Å². The summed E-state index contributed by atoms with van der Waals surface area (Å²) >= 11 is 1.45. The average molecular weight is 150 g/mol. The van der Waals surface area contributed by atoms with Crippen LogP contribution in [0, 0.1) is 0 Å². The Morgan fingerprint density at radius 1 is 1.00 bits per heavy atom. The van der Waals surface area contributed by atoms with Gasteiger partial charge in [-0.15, -0.1) is 0 Å². The summed E-state index contributed by atoms with van der Waals surface area (Å²) in [6, 6.07) is 0. The van der Waals surface area contributed by atoms with Crippen molar-refractivity contribution in [3.63, 3.8) is 0 Å². The van der Waals surface area contributed by atoms with Crippen LogP contribution in [0.1, 0.15) is 0 Å². The molecule has 0 aliphatic carbocycles. The molecule has 1 rings (SSSR count). The molecule has 1 fully saturated rings. The highest BCUT2D eigenvalue weighted by atomic mass is 32.2. The molecule has 0 aromatic rings. The van der Waals surface area contributed by atoms with Gasteiger partial charge in [-0.2, -0.15) is 11.8 Å². The van der Waals surface area contributed by atoms with Gasteiger partial charge in [0.25, 0.3) is 0 Å². The molecule has 3 N–H and O–H groups in total. The zero-order valence-electron chi connectivity index (χ0n) is 4.90. The lowest BCUT2D eigenvalue weighted by Crippen LogP contribution is -2.43. The molecule has 9 heavy (non-hydrogen) atoms.